The van der Waals surface area contributed by atoms with Crippen LogP contribution in [0, 0.1) is 5.92 Å². The maximum absolute atomic E-state index is 13.0. The zero-order chi connectivity index (χ0) is 18.7. The van der Waals surface area contributed by atoms with Gasteiger partial charge in [-0.25, -0.2) is 9.97 Å². The van der Waals surface area contributed by atoms with Gasteiger partial charge in [-0.15, -0.1) is 0 Å². The van der Waals surface area contributed by atoms with Crippen LogP contribution in [-0.4, -0.2) is 37.4 Å². The number of pyridine rings is 2. The molecule has 3 aromatic rings. The molecule has 0 saturated carbocycles. The van der Waals surface area contributed by atoms with Gasteiger partial charge in [0.1, 0.15) is 5.52 Å². The lowest BCUT2D eigenvalue weighted by atomic mass is 10.0. The van der Waals surface area contributed by atoms with Crippen LogP contribution in [0.25, 0.3) is 11.2 Å². The van der Waals surface area contributed by atoms with E-state index in [-0.39, 0.29) is 11.9 Å². The Labute approximate surface area is 153 Å². The van der Waals surface area contributed by atoms with Crippen molar-refractivity contribution in [1.29, 1.82) is 0 Å². The molecule has 0 spiro atoms. The van der Waals surface area contributed by atoms with Gasteiger partial charge in [0.25, 0.3) is 5.91 Å². The first kappa shape index (κ1) is 18.0. The third-order valence-electron chi connectivity index (χ3n) is 4.51. The van der Waals surface area contributed by atoms with E-state index in [1.54, 1.807) is 23.6 Å². The van der Waals surface area contributed by atoms with Crippen molar-refractivity contribution in [3.63, 3.8) is 0 Å². The van der Waals surface area contributed by atoms with Gasteiger partial charge in [-0.2, -0.15) is 0 Å². The van der Waals surface area contributed by atoms with E-state index in [0.717, 1.165) is 29.7 Å². The molecular weight excluding hydrogens is 326 g/mol. The minimum atomic E-state index is -0.0616. The van der Waals surface area contributed by atoms with Crippen molar-refractivity contribution in [2.45, 2.75) is 39.8 Å². The summed E-state index contributed by atoms with van der Waals surface area (Å²) in [5.41, 5.74) is 3.15. The van der Waals surface area contributed by atoms with Crippen LogP contribution in [0.1, 0.15) is 49.2 Å². The summed E-state index contributed by atoms with van der Waals surface area (Å²) in [5, 5.41) is 0. The lowest BCUT2D eigenvalue weighted by molar-refractivity contribution is 0.0725. The lowest BCUT2D eigenvalue weighted by Gasteiger charge is -2.27. The lowest BCUT2D eigenvalue weighted by Crippen LogP contribution is -2.31. The quantitative estimate of drug-likeness (QED) is 0.679. The molecule has 136 valence electrons. The summed E-state index contributed by atoms with van der Waals surface area (Å²) < 4.78 is 2.03. The number of amides is 1. The van der Waals surface area contributed by atoms with E-state index in [2.05, 4.69) is 35.7 Å². The number of hydrogen-bond donors (Lipinski definition) is 0. The molecule has 0 aliphatic rings. The SMILES string of the molecule is CCC(c1cccnc1)N(C)C(=O)c1cnc2c(c1)ncn2CC(C)C. The topological polar surface area (TPSA) is 63.9 Å². The minimum Gasteiger partial charge on any atom is -0.335 e. The molecule has 1 unspecified atom stereocenters. The van der Waals surface area contributed by atoms with Crippen molar-refractivity contribution in [1.82, 2.24) is 24.4 Å². The number of imidazole rings is 1. The molecule has 3 heterocycles. The molecule has 0 radical (unpaired) electrons. The molecule has 0 bridgehead atoms. The first-order valence-electron chi connectivity index (χ1n) is 8.99. The summed E-state index contributed by atoms with van der Waals surface area (Å²) in [4.78, 5) is 27.8. The third-order valence-corrected chi connectivity index (χ3v) is 4.51. The maximum Gasteiger partial charge on any atom is 0.255 e. The summed E-state index contributed by atoms with van der Waals surface area (Å²) in [6.45, 7) is 7.23. The van der Waals surface area contributed by atoms with Gasteiger partial charge in [-0.3, -0.25) is 9.78 Å². The smallest absolute Gasteiger partial charge is 0.255 e. The predicted octanol–water partition coefficient (Wildman–Crippen LogP) is 3.71. The Bertz CT molecular complexity index is 888. The van der Waals surface area contributed by atoms with Crippen LogP contribution < -0.4 is 0 Å². The van der Waals surface area contributed by atoms with Crippen molar-refractivity contribution in [3.8, 4) is 0 Å². The molecule has 26 heavy (non-hydrogen) atoms. The van der Waals surface area contributed by atoms with Crippen molar-refractivity contribution in [2.24, 2.45) is 5.92 Å². The van der Waals surface area contributed by atoms with Gasteiger partial charge in [0.15, 0.2) is 5.65 Å². The van der Waals surface area contributed by atoms with Crippen molar-refractivity contribution in [3.05, 3.63) is 54.2 Å². The average Bonchev–Trinajstić information content (AvgIpc) is 3.04. The third kappa shape index (κ3) is 3.59. The van der Waals surface area contributed by atoms with E-state index < -0.39 is 0 Å². The zero-order valence-electron chi connectivity index (χ0n) is 15.8. The highest BCUT2D eigenvalue weighted by Crippen LogP contribution is 2.24. The molecule has 3 rings (SSSR count). The summed E-state index contributed by atoms with van der Waals surface area (Å²) in [5.74, 6) is 0.444. The molecule has 6 heteroatoms. The number of hydrogen-bond acceptors (Lipinski definition) is 4. The second kappa shape index (κ2) is 7.64. The van der Waals surface area contributed by atoms with E-state index in [9.17, 15) is 4.79 Å². The van der Waals surface area contributed by atoms with E-state index in [4.69, 9.17) is 0 Å². The Morgan fingerprint density at radius 2 is 2.08 bits per heavy atom. The summed E-state index contributed by atoms with van der Waals surface area (Å²) in [7, 11) is 1.82. The van der Waals surface area contributed by atoms with Crippen molar-refractivity contribution < 1.29 is 4.79 Å². The molecule has 0 aromatic carbocycles. The molecule has 0 aliphatic heterocycles. The van der Waals surface area contributed by atoms with Crippen molar-refractivity contribution >= 4 is 17.1 Å². The fourth-order valence-electron chi connectivity index (χ4n) is 3.24. The minimum absolute atomic E-state index is 0.0228. The van der Waals surface area contributed by atoms with Gasteiger partial charge in [0.05, 0.1) is 17.9 Å². The van der Waals surface area contributed by atoms with Crippen LogP contribution in [0.4, 0.5) is 0 Å². The zero-order valence-corrected chi connectivity index (χ0v) is 15.8. The molecule has 0 aliphatic carbocycles. The number of carbonyl (C=O) groups is 1. The highest BCUT2D eigenvalue weighted by molar-refractivity contribution is 5.96. The van der Waals surface area contributed by atoms with E-state index in [1.807, 2.05) is 36.0 Å². The van der Waals surface area contributed by atoms with Gasteiger partial charge in [-0.05, 0) is 30.0 Å². The number of fused-ring (bicyclic) bond motifs is 1. The number of carbonyl (C=O) groups excluding carboxylic acids is 1. The first-order valence-corrected chi connectivity index (χ1v) is 8.99. The van der Waals surface area contributed by atoms with Crippen LogP contribution >= 0.6 is 0 Å². The summed E-state index contributed by atoms with van der Waals surface area (Å²) in [6.07, 6.45) is 7.80. The van der Waals surface area contributed by atoms with E-state index >= 15 is 0 Å². The average molecular weight is 351 g/mol. The van der Waals surface area contributed by atoms with Gasteiger partial charge < -0.3 is 9.47 Å². The molecule has 6 nitrogen and oxygen atoms in total. The van der Waals surface area contributed by atoms with E-state index in [0.29, 0.717) is 11.5 Å². The van der Waals surface area contributed by atoms with Crippen LogP contribution in [0.15, 0.2) is 43.1 Å². The number of aromatic nitrogens is 4. The number of rotatable bonds is 6. The molecule has 0 saturated heterocycles. The highest BCUT2D eigenvalue weighted by atomic mass is 16.2. The Kier molecular flexibility index (Phi) is 5.30. The Morgan fingerprint density at radius 3 is 2.73 bits per heavy atom. The molecule has 1 amide bonds. The van der Waals surface area contributed by atoms with Crippen molar-refractivity contribution in [2.75, 3.05) is 7.05 Å². The van der Waals surface area contributed by atoms with E-state index in [1.165, 1.54) is 0 Å². The van der Waals surface area contributed by atoms with Gasteiger partial charge >= 0.3 is 0 Å². The second-order valence-corrected chi connectivity index (χ2v) is 6.98. The Hall–Kier alpha value is -2.76. The molecule has 1 atom stereocenters. The normalized spacial score (nSPS) is 12.5. The molecule has 0 fully saturated rings. The molecule has 3 aromatic heterocycles. The first-order chi connectivity index (χ1) is 12.5. The van der Waals surface area contributed by atoms with Crippen LogP contribution in [0.3, 0.4) is 0 Å². The van der Waals surface area contributed by atoms with Crippen LogP contribution in [0.5, 0.6) is 0 Å². The van der Waals surface area contributed by atoms with Gasteiger partial charge in [-0.1, -0.05) is 26.8 Å². The standard InChI is InChI=1S/C20H25N5O/c1-5-18(15-7-6-8-21-10-15)24(4)20(26)16-9-17-19(22-11-16)25(13-23-17)12-14(2)3/h6-11,13-14,18H,5,12H2,1-4H3. The second-order valence-electron chi connectivity index (χ2n) is 6.98. The Balaban J connectivity index is 1.87. The number of nitrogens with zero attached hydrogens (tertiary/aromatic N) is 5. The monoisotopic (exact) mass is 351 g/mol. The fourth-order valence-corrected chi connectivity index (χ4v) is 3.24. The van der Waals surface area contributed by atoms with Crippen LogP contribution in [-0.2, 0) is 6.54 Å². The predicted molar refractivity (Wildman–Crippen MR) is 102 cm³/mol. The summed E-state index contributed by atoms with van der Waals surface area (Å²) in [6, 6.07) is 5.70. The Morgan fingerprint density at radius 1 is 1.27 bits per heavy atom. The largest absolute Gasteiger partial charge is 0.335 e. The fraction of sp³-hybridized carbons (Fsp3) is 0.400. The molecular formula is C20H25N5O. The van der Waals surface area contributed by atoms with Gasteiger partial charge in [0.2, 0.25) is 0 Å². The van der Waals surface area contributed by atoms with Gasteiger partial charge in [0, 0.05) is 32.2 Å². The maximum atomic E-state index is 13.0. The summed E-state index contributed by atoms with van der Waals surface area (Å²) >= 11 is 0. The van der Waals surface area contributed by atoms with Crippen LogP contribution in [0.2, 0.25) is 0 Å². The highest BCUT2D eigenvalue weighted by Gasteiger charge is 2.22. The molecule has 0 N–H and O–H groups in total.